The molecule has 0 bridgehead atoms. The first kappa shape index (κ1) is 26.5. The van der Waals surface area contributed by atoms with Gasteiger partial charge in [-0.2, -0.15) is 0 Å². The third-order valence-corrected chi connectivity index (χ3v) is 7.12. The standard InChI is InChI=1S/C30H19Br2FN2O4/c31-24-16-19(17-25(32)27(24)39-18-20-9-7-8-14-26(20)33)15-23-28(36)34(21-10-3-1-4-11-21)30(38)35(29(23)37)22-12-5-2-6-13-22/h1-17H,18H2. The molecule has 4 aromatic rings. The predicted octanol–water partition coefficient (Wildman–Crippen LogP) is 7.51. The Kier molecular flexibility index (Phi) is 7.72. The zero-order valence-electron chi connectivity index (χ0n) is 20.2. The number of halogens is 3. The van der Waals surface area contributed by atoms with E-state index in [0.717, 1.165) is 9.80 Å². The summed E-state index contributed by atoms with van der Waals surface area (Å²) < 4.78 is 20.9. The van der Waals surface area contributed by atoms with Crippen molar-refractivity contribution >= 4 is 67.2 Å². The Morgan fingerprint density at radius 2 is 1.21 bits per heavy atom. The molecule has 1 saturated heterocycles. The Morgan fingerprint density at radius 3 is 1.72 bits per heavy atom. The third-order valence-electron chi connectivity index (χ3n) is 5.94. The average Bonchev–Trinajstić information content (AvgIpc) is 2.93. The number of ether oxygens (including phenoxy) is 1. The second-order valence-corrected chi connectivity index (χ2v) is 10.2. The average molecular weight is 650 g/mol. The number of nitrogens with zero attached hydrogens (tertiary/aromatic N) is 2. The highest BCUT2D eigenvalue weighted by atomic mass is 79.9. The Balaban J connectivity index is 1.52. The number of anilines is 2. The zero-order chi connectivity index (χ0) is 27.5. The number of carbonyl (C=O) groups is 3. The quantitative estimate of drug-likeness (QED) is 0.160. The summed E-state index contributed by atoms with van der Waals surface area (Å²) in [4.78, 5) is 42.5. The fourth-order valence-corrected chi connectivity index (χ4v) is 5.52. The highest BCUT2D eigenvalue weighted by Crippen LogP contribution is 2.37. The molecule has 0 unspecified atom stereocenters. The summed E-state index contributed by atoms with van der Waals surface area (Å²) in [5, 5.41) is 0. The molecule has 0 aliphatic carbocycles. The summed E-state index contributed by atoms with van der Waals surface area (Å²) in [5.74, 6) is -1.43. The van der Waals surface area contributed by atoms with Gasteiger partial charge in [-0.1, -0.05) is 54.6 Å². The summed E-state index contributed by atoms with van der Waals surface area (Å²) in [7, 11) is 0. The fraction of sp³-hybridized carbons (Fsp3) is 0.0333. The molecule has 1 aliphatic rings. The first-order valence-electron chi connectivity index (χ1n) is 11.7. The molecule has 0 radical (unpaired) electrons. The van der Waals surface area contributed by atoms with Crippen LogP contribution in [0.25, 0.3) is 6.08 Å². The summed E-state index contributed by atoms with van der Waals surface area (Å²) in [6, 6.07) is 25.8. The Labute approximate surface area is 240 Å². The van der Waals surface area contributed by atoms with Crippen LogP contribution in [0.1, 0.15) is 11.1 Å². The van der Waals surface area contributed by atoms with E-state index in [4.69, 9.17) is 4.74 Å². The number of barbiturate groups is 1. The van der Waals surface area contributed by atoms with E-state index in [1.807, 2.05) is 0 Å². The molecule has 194 valence electrons. The van der Waals surface area contributed by atoms with E-state index in [1.54, 1.807) is 91.0 Å². The van der Waals surface area contributed by atoms with Crippen LogP contribution in [0, 0.1) is 5.82 Å². The molecule has 4 aromatic carbocycles. The summed E-state index contributed by atoms with van der Waals surface area (Å²) in [6.45, 7) is 0.00145. The Hall–Kier alpha value is -4.08. The monoisotopic (exact) mass is 648 g/mol. The van der Waals surface area contributed by atoms with E-state index in [9.17, 15) is 18.8 Å². The molecule has 5 rings (SSSR count). The van der Waals surface area contributed by atoms with Gasteiger partial charge >= 0.3 is 6.03 Å². The first-order valence-corrected chi connectivity index (χ1v) is 13.3. The Morgan fingerprint density at radius 1 is 0.718 bits per heavy atom. The van der Waals surface area contributed by atoms with Crippen molar-refractivity contribution < 1.29 is 23.5 Å². The predicted molar refractivity (Wildman–Crippen MR) is 154 cm³/mol. The van der Waals surface area contributed by atoms with Gasteiger partial charge in [0, 0.05) is 5.56 Å². The number of benzene rings is 4. The molecule has 9 heteroatoms. The third kappa shape index (κ3) is 5.41. The van der Waals surface area contributed by atoms with Crippen molar-refractivity contribution in [3.05, 3.63) is 129 Å². The molecule has 6 nitrogen and oxygen atoms in total. The van der Waals surface area contributed by atoms with Crippen LogP contribution in [0.3, 0.4) is 0 Å². The second kappa shape index (κ2) is 11.3. The summed E-state index contributed by atoms with van der Waals surface area (Å²) in [5.41, 5.74) is 1.38. The van der Waals surface area contributed by atoms with Gasteiger partial charge in [-0.05, 0) is 86.0 Å². The van der Waals surface area contributed by atoms with Crippen LogP contribution in [0.4, 0.5) is 20.6 Å². The van der Waals surface area contributed by atoms with Gasteiger partial charge in [-0.3, -0.25) is 9.59 Å². The minimum atomic E-state index is -0.765. The van der Waals surface area contributed by atoms with E-state index in [-0.39, 0.29) is 18.0 Å². The van der Waals surface area contributed by atoms with Gasteiger partial charge in [-0.25, -0.2) is 19.0 Å². The maximum atomic E-state index is 14.0. The van der Waals surface area contributed by atoms with Crippen LogP contribution in [-0.2, 0) is 16.2 Å². The van der Waals surface area contributed by atoms with E-state index in [0.29, 0.717) is 37.2 Å². The lowest BCUT2D eigenvalue weighted by Crippen LogP contribution is -2.57. The number of rotatable bonds is 6. The normalized spacial score (nSPS) is 13.6. The smallest absolute Gasteiger partial charge is 0.343 e. The van der Waals surface area contributed by atoms with Gasteiger partial charge in [0.15, 0.2) is 0 Å². The SMILES string of the molecule is O=C1C(=Cc2cc(Br)c(OCc3ccccc3F)c(Br)c2)C(=O)N(c2ccccc2)C(=O)N1c1ccccc1. The molecule has 0 N–H and O–H groups in total. The van der Waals surface area contributed by atoms with Gasteiger partial charge in [-0.15, -0.1) is 0 Å². The lowest BCUT2D eigenvalue weighted by Gasteiger charge is -2.34. The van der Waals surface area contributed by atoms with Gasteiger partial charge in [0.2, 0.25) is 0 Å². The van der Waals surface area contributed by atoms with Crippen molar-refractivity contribution in [3.63, 3.8) is 0 Å². The van der Waals surface area contributed by atoms with Crippen molar-refractivity contribution in [2.24, 2.45) is 0 Å². The number of hydrogen-bond acceptors (Lipinski definition) is 4. The minimum absolute atomic E-state index is 0.00145. The van der Waals surface area contributed by atoms with Crippen molar-refractivity contribution in [3.8, 4) is 5.75 Å². The maximum Gasteiger partial charge on any atom is 0.343 e. The van der Waals surface area contributed by atoms with Crippen LogP contribution in [0.15, 0.2) is 112 Å². The topological polar surface area (TPSA) is 66.9 Å². The molecule has 0 aromatic heterocycles. The van der Waals surface area contributed by atoms with Crippen molar-refractivity contribution in [1.82, 2.24) is 0 Å². The zero-order valence-corrected chi connectivity index (χ0v) is 23.4. The molecule has 1 heterocycles. The molecule has 4 amide bonds. The van der Waals surface area contributed by atoms with Crippen molar-refractivity contribution in [2.75, 3.05) is 9.80 Å². The molecular weight excluding hydrogens is 631 g/mol. The molecular formula is C30H19Br2FN2O4. The summed E-state index contributed by atoms with van der Waals surface area (Å²) >= 11 is 6.94. The van der Waals surface area contributed by atoms with Crippen molar-refractivity contribution in [1.29, 1.82) is 0 Å². The lowest BCUT2D eigenvalue weighted by atomic mass is 10.0. The summed E-state index contributed by atoms with van der Waals surface area (Å²) in [6.07, 6.45) is 1.43. The Bertz CT molecular complexity index is 1520. The van der Waals surface area contributed by atoms with Crippen LogP contribution in [-0.4, -0.2) is 17.8 Å². The van der Waals surface area contributed by atoms with Crippen LogP contribution in [0.5, 0.6) is 5.75 Å². The molecule has 1 fully saturated rings. The van der Waals surface area contributed by atoms with Gasteiger partial charge in [0.05, 0.1) is 20.3 Å². The van der Waals surface area contributed by atoms with Gasteiger partial charge < -0.3 is 4.74 Å². The molecule has 0 atom stereocenters. The molecule has 39 heavy (non-hydrogen) atoms. The first-order chi connectivity index (χ1) is 18.8. The van der Waals surface area contributed by atoms with Crippen LogP contribution in [0.2, 0.25) is 0 Å². The second-order valence-electron chi connectivity index (χ2n) is 8.49. The number of para-hydroxylation sites is 2. The highest BCUT2D eigenvalue weighted by molar-refractivity contribution is 9.11. The van der Waals surface area contributed by atoms with Crippen LogP contribution >= 0.6 is 31.9 Å². The minimum Gasteiger partial charge on any atom is -0.486 e. The van der Waals surface area contributed by atoms with E-state index < -0.39 is 17.8 Å². The van der Waals surface area contributed by atoms with Crippen molar-refractivity contribution in [2.45, 2.75) is 6.61 Å². The molecule has 0 saturated carbocycles. The largest absolute Gasteiger partial charge is 0.486 e. The van der Waals surface area contributed by atoms with Gasteiger partial charge in [0.1, 0.15) is 23.7 Å². The molecule has 1 aliphatic heterocycles. The van der Waals surface area contributed by atoms with E-state index in [2.05, 4.69) is 31.9 Å². The number of carbonyl (C=O) groups excluding carboxylic acids is 3. The fourth-order valence-electron chi connectivity index (χ4n) is 4.07. The number of hydrogen-bond donors (Lipinski definition) is 0. The number of urea groups is 1. The number of amides is 4. The maximum absolute atomic E-state index is 14.0. The number of imide groups is 2. The lowest BCUT2D eigenvalue weighted by molar-refractivity contribution is -0.121. The van der Waals surface area contributed by atoms with Gasteiger partial charge in [0.25, 0.3) is 11.8 Å². The molecule has 0 spiro atoms. The van der Waals surface area contributed by atoms with E-state index >= 15 is 0 Å². The highest BCUT2D eigenvalue weighted by Gasteiger charge is 2.43. The van der Waals surface area contributed by atoms with Crippen LogP contribution < -0.4 is 14.5 Å². The van der Waals surface area contributed by atoms with E-state index in [1.165, 1.54) is 12.1 Å².